The maximum Gasteiger partial charge on any atom is 0.306 e. The molecule has 3 N–H and O–H groups in total. The topological polar surface area (TPSA) is 95.9 Å². The van der Waals surface area contributed by atoms with Crippen LogP contribution in [0, 0.1) is 0 Å². The zero-order valence-electron chi connectivity index (χ0n) is 36.6. The van der Waals surface area contributed by atoms with Crippen molar-refractivity contribution in [2.24, 2.45) is 0 Å². The van der Waals surface area contributed by atoms with Gasteiger partial charge in [-0.3, -0.25) is 9.59 Å². The molecule has 322 valence electrons. The Bertz CT molecular complexity index is 776. The highest BCUT2D eigenvalue weighted by Crippen LogP contribution is 2.18. The van der Waals surface area contributed by atoms with E-state index in [-0.39, 0.29) is 24.9 Å². The van der Waals surface area contributed by atoms with Gasteiger partial charge in [-0.25, -0.2) is 0 Å². The van der Waals surface area contributed by atoms with Crippen molar-refractivity contribution >= 4 is 11.9 Å². The predicted octanol–water partition coefficient (Wildman–Crippen LogP) is 14.0. The number of unbranched alkanes of at least 4 members (excludes halogenated alkanes) is 32. The predicted molar refractivity (Wildman–Crippen MR) is 232 cm³/mol. The van der Waals surface area contributed by atoms with E-state index < -0.39 is 18.2 Å². The van der Waals surface area contributed by atoms with Gasteiger partial charge in [-0.2, -0.15) is 0 Å². The van der Waals surface area contributed by atoms with Gasteiger partial charge in [0.2, 0.25) is 5.91 Å². The first-order valence-corrected chi connectivity index (χ1v) is 24.3. The molecule has 0 spiro atoms. The molecule has 1 amide bonds. The number of aliphatic hydroxyl groups excluding tert-OH is 2. The van der Waals surface area contributed by atoms with Crippen molar-refractivity contribution in [2.45, 2.75) is 289 Å². The van der Waals surface area contributed by atoms with E-state index in [2.05, 4.69) is 26.1 Å². The molecule has 0 heterocycles. The Kier molecular flexibility index (Phi) is 42.1. The maximum absolute atomic E-state index is 13.1. The Morgan fingerprint density at radius 3 is 1.13 bits per heavy atom. The van der Waals surface area contributed by atoms with Gasteiger partial charge in [-0.1, -0.05) is 233 Å². The Balaban J connectivity index is 4.48. The third-order valence-corrected chi connectivity index (χ3v) is 11.4. The van der Waals surface area contributed by atoms with Gasteiger partial charge in [-0.05, 0) is 25.7 Å². The van der Waals surface area contributed by atoms with Crippen molar-refractivity contribution in [3.63, 3.8) is 0 Å². The largest absolute Gasteiger partial charge is 0.462 e. The van der Waals surface area contributed by atoms with Crippen LogP contribution in [0.4, 0.5) is 0 Å². The molecule has 0 bridgehead atoms. The molecule has 3 unspecified atom stereocenters. The molecule has 0 aromatic heterocycles. The lowest BCUT2D eigenvalue weighted by Gasteiger charge is -2.24. The summed E-state index contributed by atoms with van der Waals surface area (Å²) in [5.74, 6) is -0.458. The zero-order valence-corrected chi connectivity index (χ0v) is 36.6. The number of rotatable bonds is 44. The van der Waals surface area contributed by atoms with E-state index in [4.69, 9.17) is 4.74 Å². The monoisotopic (exact) mass is 766 g/mol. The third kappa shape index (κ3) is 37.8. The second-order valence-electron chi connectivity index (χ2n) is 16.9. The highest BCUT2D eigenvalue weighted by atomic mass is 16.5. The third-order valence-electron chi connectivity index (χ3n) is 11.4. The summed E-state index contributed by atoms with van der Waals surface area (Å²) in [5, 5.41) is 23.6. The molecule has 0 aliphatic carbocycles. The Hall–Kier alpha value is -1.14. The molecule has 0 fully saturated rings. The first-order chi connectivity index (χ1) is 26.5. The second kappa shape index (κ2) is 43.0. The standard InChI is InChI=1S/C48H95NO5/c1-4-7-10-13-16-19-20-21-22-23-24-25-26-29-30-33-36-39-44(54-48(53)41-38-35-32-28-18-15-12-9-6-3)42-47(52)49-45(43-50)46(51)40-37-34-31-27-17-14-11-8-5-2/h44-46,50-51H,4-43H2,1-3H3,(H,49,52). The molecule has 6 nitrogen and oxygen atoms in total. The van der Waals surface area contributed by atoms with Crippen molar-refractivity contribution in [1.82, 2.24) is 5.32 Å². The molecule has 0 aliphatic rings. The molecule has 6 heteroatoms. The first kappa shape index (κ1) is 52.9. The highest BCUT2D eigenvalue weighted by Gasteiger charge is 2.24. The van der Waals surface area contributed by atoms with Gasteiger partial charge >= 0.3 is 5.97 Å². The summed E-state index contributed by atoms with van der Waals surface area (Å²) in [6.07, 6.45) is 44.6. The molecule has 0 saturated heterocycles. The molecular formula is C48H95NO5. The Labute approximate surface area is 336 Å². The smallest absolute Gasteiger partial charge is 0.306 e. The Morgan fingerprint density at radius 1 is 0.463 bits per heavy atom. The van der Waals surface area contributed by atoms with E-state index in [1.54, 1.807) is 0 Å². The first-order valence-electron chi connectivity index (χ1n) is 24.3. The highest BCUT2D eigenvalue weighted by molar-refractivity contribution is 5.77. The van der Waals surface area contributed by atoms with Crippen LogP contribution in [-0.4, -0.2) is 46.9 Å². The second-order valence-corrected chi connectivity index (χ2v) is 16.9. The fraction of sp³-hybridized carbons (Fsp3) is 0.958. The summed E-state index contributed by atoms with van der Waals surface area (Å²) in [6, 6.07) is -0.690. The number of amides is 1. The normalized spacial score (nSPS) is 13.2. The van der Waals surface area contributed by atoms with Crippen LogP contribution in [-0.2, 0) is 14.3 Å². The van der Waals surface area contributed by atoms with Crippen LogP contribution in [0.25, 0.3) is 0 Å². The minimum atomic E-state index is -0.777. The van der Waals surface area contributed by atoms with E-state index in [9.17, 15) is 19.8 Å². The quantitative estimate of drug-likeness (QED) is 0.0424. The molecule has 0 saturated carbocycles. The molecule has 0 aromatic carbocycles. The lowest BCUT2D eigenvalue weighted by molar-refractivity contribution is -0.151. The van der Waals surface area contributed by atoms with Crippen molar-refractivity contribution in [3.8, 4) is 0 Å². The summed E-state index contributed by atoms with van der Waals surface area (Å²) in [5.41, 5.74) is 0. The summed E-state index contributed by atoms with van der Waals surface area (Å²) >= 11 is 0. The van der Waals surface area contributed by atoms with Gasteiger partial charge in [0.15, 0.2) is 0 Å². The molecule has 0 rings (SSSR count). The van der Waals surface area contributed by atoms with Gasteiger partial charge in [0.25, 0.3) is 0 Å². The number of carbonyl (C=O) groups excluding carboxylic acids is 2. The van der Waals surface area contributed by atoms with Crippen LogP contribution in [0.15, 0.2) is 0 Å². The van der Waals surface area contributed by atoms with Crippen LogP contribution in [0.3, 0.4) is 0 Å². The van der Waals surface area contributed by atoms with E-state index in [1.165, 1.54) is 180 Å². The van der Waals surface area contributed by atoms with Crippen LogP contribution in [0.2, 0.25) is 0 Å². The van der Waals surface area contributed by atoms with Gasteiger partial charge in [-0.15, -0.1) is 0 Å². The number of ether oxygens (including phenoxy) is 1. The van der Waals surface area contributed by atoms with Gasteiger partial charge in [0.1, 0.15) is 6.10 Å². The van der Waals surface area contributed by atoms with Gasteiger partial charge in [0, 0.05) is 6.42 Å². The summed E-state index contributed by atoms with van der Waals surface area (Å²) in [7, 11) is 0. The molecule has 3 atom stereocenters. The summed E-state index contributed by atoms with van der Waals surface area (Å²) in [6.45, 7) is 6.47. The average molecular weight is 766 g/mol. The Morgan fingerprint density at radius 2 is 0.778 bits per heavy atom. The van der Waals surface area contributed by atoms with Gasteiger partial charge in [0.05, 0.1) is 25.2 Å². The van der Waals surface area contributed by atoms with Gasteiger partial charge < -0.3 is 20.3 Å². The molecule has 0 aromatic rings. The van der Waals surface area contributed by atoms with Crippen LogP contribution in [0.1, 0.15) is 271 Å². The molecule has 54 heavy (non-hydrogen) atoms. The van der Waals surface area contributed by atoms with Crippen LogP contribution >= 0.6 is 0 Å². The van der Waals surface area contributed by atoms with E-state index in [0.717, 1.165) is 44.9 Å². The van der Waals surface area contributed by atoms with Crippen molar-refractivity contribution in [2.75, 3.05) is 6.61 Å². The zero-order chi connectivity index (χ0) is 39.6. The maximum atomic E-state index is 13.1. The fourth-order valence-electron chi connectivity index (χ4n) is 7.73. The minimum Gasteiger partial charge on any atom is -0.462 e. The number of hydrogen-bond acceptors (Lipinski definition) is 5. The van der Waals surface area contributed by atoms with Crippen molar-refractivity contribution in [3.05, 3.63) is 0 Å². The average Bonchev–Trinajstić information content (AvgIpc) is 3.16. The van der Waals surface area contributed by atoms with E-state index >= 15 is 0 Å². The lowest BCUT2D eigenvalue weighted by atomic mass is 10.0. The summed E-state index contributed by atoms with van der Waals surface area (Å²) < 4.78 is 5.91. The van der Waals surface area contributed by atoms with Crippen molar-refractivity contribution in [1.29, 1.82) is 0 Å². The van der Waals surface area contributed by atoms with Crippen LogP contribution < -0.4 is 5.32 Å². The van der Waals surface area contributed by atoms with Crippen LogP contribution in [0.5, 0.6) is 0 Å². The van der Waals surface area contributed by atoms with Crippen molar-refractivity contribution < 1.29 is 24.5 Å². The molecule has 0 aliphatic heterocycles. The molecule has 0 radical (unpaired) electrons. The summed E-state index contributed by atoms with van der Waals surface area (Å²) in [4.78, 5) is 26.0. The molecular weight excluding hydrogens is 671 g/mol. The number of hydrogen-bond donors (Lipinski definition) is 3. The van der Waals surface area contributed by atoms with E-state index in [1.807, 2.05) is 0 Å². The number of esters is 1. The number of aliphatic hydroxyl groups is 2. The fourth-order valence-corrected chi connectivity index (χ4v) is 7.73. The number of carbonyl (C=O) groups is 2. The lowest BCUT2D eigenvalue weighted by Crippen LogP contribution is -2.46. The minimum absolute atomic E-state index is 0.0869. The SMILES string of the molecule is CCCCCCCCCCCCCCCCCCCC(CC(=O)NC(CO)C(O)CCCCCCCCCCC)OC(=O)CCCCCCCCCCC. The number of nitrogens with one attached hydrogen (secondary N) is 1. The van der Waals surface area contributed by atoms with E-state index in [0.29, 0.717) is 19.3 Å².